The highest BCUT2D eigenvalue weighted by molar-refractivity contribution is 6.37. The maximum Gasteiger partial charge on any atom is 0.138 e. The second-order valence-electron chi connectivity index (χ2n) is 4.50. The molecule has 0 spiro atoms. The maximum atomic E-state index is 9.11. The highest BCUT2D eigenvalue weighted by Gasteiger charge is 2.05. The molecule has 0 heterocycles. The Kier molecular flexibility index (Phi) is 5.02. The van der Waals surface area contributed by atoms with Crippen LogP contribution in [0, 0.1) is 0 Å². The van der Waals surface area contributed by atoms with E-state index in [1.165, 1.54) is 0 Å². The molecule has 0 saturated carbocycles. The standard InChI is InChI=1S/C15H18ClNO2/c1-11(18)10-17-8-9-19-14-7-6-12-4-2-3-5-13(12)15(14)16/h2-7,11,17-18H,8-10H2,1H3/t11-/m1/s1. The fraction of sp³-hybridized carbons (Fsp3) is 0.333. The molecule has 0 aliphatic heterocycles. The third kappa shape index (κ3) is 3.83. The molecule has 2 aromatic rings. The maximum absolute atomic E-state index is 9.11. The van der Waals surface area contributed by atoms with E-state index in [4.69, 9.17) is 21.4 Å². The molecular formula is C15H18ClNO2. The van der Waals surface area contributed by atoms with Crippen molar-refractivity contribution >= 4 is 22.4 Å². The first kappa shape index (κ1) is 14.1. The molecule has 0 radical (unpaired) electrons. The van der Waals surface area contributed by atoms with Crippen molar-refractivity contribution in [3.63, 3.8) is 0 Å². The molecule has 0 saturated heterocycles. The van der Waals surface area contributed by atoms with Crippen molar-refractivity contribution in [2.45, 2.75) is 13.0 Å². The van der Waals surface area contributed by atoms with E-state index in [0.29, 0.717) is 30.5 Å². The van der Waals surface area contributed by atoms with Crippen LogP contribution in [0.5, 0.6) is 5.75 Å². The Balaban J connectivity index is 1.96. The Morgan fingerprint density at radius 3 is 2.84 bits per heavy atom. The zero-order valence-corrected chi connectivity index (χ0v) is 11.7. The number of halogens is 1. The second kappa shape index (κ2) is 6.75. The average molecular weight is 280 g/mol. The molecule has 0 bridgehead atoms. The molecule has 1 atom stereocenters. The average Bonchev–Trinajstić information content (AvgIpc) is 2.41. The summed E-state index contributed by atoms with van der Waals surface area (Å²) in [6, 6.07) is 11.8. The van der Waals surface area contributed by atoms with Crippen LogP contribution in [0.4, 0.5) is 0 Å². The summed E-state index contributed by atoms with van der Waals surface area (Å²) >= 11 is 6.32. The van der Waals surface area contributed by atoms with Crippen molar-refractivity contribution < 1.29 is 9.84 Å². The Bertz CT molecular complexity index is 543. The number of fused-ring (bicyclic) bond motifs is 1. The van der Waals surface area contributed by atoms with E-state index in [0.717, 1.165) is 10.8 Å². The lowest BCUT2D eigenvalue weighted by Crippen LogP contribution is -2.28. The fourth-order valence-electron chi connectivity index (χ4n) is 1.87. The number of hydrogen-bond donors (Lipinski definition) is 2. The van der Waals surface area contributed by atoms with Gasteiger partial charge in [0, 0.05) is 18.5 Å². The first-order valence-electron chi connectivity index (χ1n) is 6.37. The lowest BCUT2D eigenvalue weighted by atomic mass is 10.1. The van der Waals surface area contributed by atoms with Gasteiger partial charge in [0.05, 0.1) is 11.1 Å². The molecule has 0 aliphatic carbocycles. The molecule has 0 unspecified atom stereocenters. The van der Waals surface area contributed by atoms with E-state index < -0.39 is 0 Å². The second-order valence-corrected chi connectivity index (χ2v) is 4.88. The highest BCUT2D eigenvalue weighted by atomic mass is 35.5. The van der Waals surface area contributed by atoms with Crippen LogP contribution in [0.25, 0.3) is 10.8 Å². The summed E-state index contributed by atoms with van der Waals surface area (Å²) in [5.41, 5.74) is 0. The van der Waals surface area contributed by atoms with Gasteiger partial charge in [0.1, 0.15) is 12.4 Å². The minimum Gasteiger partial charge on any atom is -0.491 e. The van der Waals surface area contributed by atoms with E-state index in [9.17, 15) is 0 Å². The first-order chi connectivity index (χ1) is 9.18. The van der Waals surface area contributed by atoms with Gasteiger partial charge in [-0.3, -0.25) is 0 Å². The third-order valence-corrected chi connectivity index (χ3v) is 3.19. The van der Waals surface area contributed by atoms with Gasteiger partial charge in [0.2, 0.25) is 0 Å². The predicted octanol–water partition coefficient (Wildman–Crippen LogP) is 2.84. The minimum absolute atomic E-state index is 0.343. The fourth-order valence-corrected chi connectivity index (χ4v) is 2.16. The van der Waals surface area contributed by atoms with Gasteiger partial charge < -0.3 is 15.2 Å². The van der Waals surface area contributed by atoms with Crippen LogP contribution in [-0.2, 0) is 0 Å². The number of nitrogens with one attached hydrogen (secondary N) is 1. The zero-order valence-electron chi connectivity index (χ0n) is 10.9. The lowest BCUT2D eigenvalue weighted by molar-refractivity contribution is 0.188. The zero-order chi connectivity index (χ0) is 13.7. The van der Waals surface area contributed by atoms with E-state index >= 15 is 0 Å². The van der Waals surface area contributed by atoms with Crippen LogP contribution in [0.3, 0.4) is 0 Å². The SMILES string of the molecule is C[C@@H](O)CNCCOc1ccc2ccccc2c1Cl. The van der Waals surface area contributed by atoms with Crippen molar-refractivity contribution in [1.82, 2.24) is 5.32 Å². The largest absolute Gasteiger partial charge is 0.491 e. The molecule has 0 fully saturated rings. The van der Waals surface area contributed by atoms with E-state index in [1.54, 1.807) is 6.92 Å². The summed E-state index contributed by atoms with van der Waals surface area (Å²) in [5, 5.41) is 14.9. The van der Waals surface area contributed by atoms with Gasteiger partial charge in [-0.05, 0) is 18.4 Å². The van der Waals surface area contributed by atoms with Crippen molar-refractivity contribution in [3.8, 4) is 5.75 Å². The van der Waals surface area contributed by atoms with Crippen LogP contribution in [0.15, 0.2) is 36.4 Å². The van der Waals surface area contributed by atoms with Gasteiger partial charge in [0.25, 0.3) is 0 Å². The van der Waals surface area contributed by atoms with Crippen molar-refractivity contribution in [1.29, 1.82) is 0 Å². The van der Waals surface area contributed by atoms with E-state index in [-0.39, 0.29) is 6.10 Å². The molecular weight excluding hydrogens is 262 g/mol. The molecule has 2 aromatic carbocycles. The quantitative estimate of drug-likeness (QED) is 0.799. The third-order valence-electron chi connectivity index (χ3n) is 2.80. The number of aliphatic hydroxyl groups is 1. The lowest BCUT2D eigenvalue weighted by Gasteiger charge is -2.11. The molecule has 0 aliphatic rings. The highest BCUT2D eigenvalue weighted by Crippen LogP contribution is 2.32. The molecule has 102 valence electrons. The Morgan fingerprint density at radius 2 is 2.05 bits per heavy atom. The topological polar surface area (TPSA) is 41.5 Å². The first-order valence-corrected chi connectivity index (χ1v) is 6.75. The summed E-state index contributed by atoms with van der Waals surface area (Å²) in [4.78, 5) is 0. The monoisotopic (exact) mass is 279 g/mol. The Labute approximate surface area is 118 Å². The molecule has 2 N–H and O–H groups in total. The van der Waals surface area contributed by atoms with Gasteiger partial charge in [-0.25, -0.2) is 0 Å². The molecule has 4 heteroatoms. The van der Waals surface area contributed by atoms with Crippen LogP contribution >= 0.6 is 11.6 Å². The van der Waals surface area contributed by atoms with E-state index in [1.807, 2.05) is 36.4 Å². The van der Waals surface area contributed by atoms with E-state index in [2.05, 4.69) is 5.32 Å². The van der Waals surface area contributed by atoms with Gasteiger partial charge >= 0.3 is 0 Å². The molecule has 3 nitrogen and oxygen atoms in total. The molecule has 0 amide bonds. The number of rotatable bonds is 6. The number of ether oxygens (including phenoxy) is 1. The van der Waals surface area contributed by atoms with Crippen LogP contribution in [-0.4, -0.2) is 30.9 Å². The summed E-state index contributed by atoms with van der Waals surface area (Å²) < 4.78 is 5.65. The Morgan fingerprint density at radius 1 is 1.26 bits per heavy atom. The number of benzene rings is 2. The van der Waals surface area contributed by atoms with Crippen molar-refractivity contribution in [3.05, 3.63) is 41.4 Å². The van der Waals surface area contributed by atoms with Gasteiger partial charge in [-0.15, -0.1) is 0 Å². The predicted molar refractivity (Wildman–Crippen MR) is 79.0 cm³/mol. The van der Waals surface area contributed by atoms with Gasteiger partial charge in [-0.2, -0.15) is 0 Å². The smallest absolute Gasteiger partial charge is 0.138 e. The summed E-state index contributed by atoms with van der Waals surface area (Å²) in [7, 11) is 0. The molecule has 19 heavy (non-hydrogen) atoms. The van der Waals surface area contributed by atoms with Crippen LogP contribution < -0.4 is 10.1 Å². The van der Waals surface area contributed by atoms with Crippen molar-refractivity contribution in [2.75, 3.05) is 19.7 Å². The molecule has 2 rings (SSSR count). The van der Waals surface area contributed by atoms with Crippen LogP contribution in [0.1, 0.15) is 6.92 Å². The molecule has 0 aromatic heterocycles. The number of aliphatic hydroxyl groups excluding tert-OH is 1. The van der Waals surface area contributed by atoms with Crippen LogP contribution in [0.2, 0.25) is 5.02 Å². The Hall–Kier alpha value is -1.29. The summed E-state index contributed by atoms with van der Waals surface area (Å²) in [6.45, 7) is 3.50. The number of hydrogen-bond acceptors (Lipinski definition) is 3. The normalized spacial score (nSPS) is 12.6. The summed E-state index contributed by atoms with van der Waals surface area (Å²) in [6.07, 6.45) is -0.343. The van der Waals surface area contributed by atoms with Gasteiger partial charge in [0.15, 0.2) is 0 Å². The summed E-state index contributed by atoms with van der Waals surface area (Å²) in [5.74, 6) is 0.694. The van der Waals surface area contributed by atoms with Gasteiger partial charge in [-0.1, -0.05) is 41.9 Å². The van der Waals surface area contributed by atoms with Crippen molar-refractivity contribution in [2.24, 2.45) is 0 Å². The minimum atomic E-state index is -0.343.